The Labute approximate surface area is 102 Å². The Bertz CT molecular complexity index is 449. The van der Waals surface area contributed by atoms with E-state index >= 15 is 0 Å². The number of hydrogen-bond acceptors (Lipinski definition) is 3. The maximum Gasteiger partial charge on any atom is 0.0801 e. The first-order valence-corrected chi connectivity index (χ1v) is 6.03. The number of nitrogens with one attached hydrogen (secondary N) is 1. The van der Waals surface area contributed by atoms with Crippen molar-refractivity contribution in [1.29, 1.82) is 0 Å². The Morgan fingerprint density at radius 2 is 2.00 bits per heavy atom. The zero-order chi connectivity index (χ0) is 12.1. The van der Waals surface area contributed by atoms with Crippen LogP contribution in [0.4, 0.5) is 0 Å². The summed E-state index contributed by atoms with van der Waals surface area (Å²) in [6.07, 6.45) is 1.84. The van der Waals surface area contributed by atoms with Gasteiger partial charge >= 0.3 is 0 Å². The van der Waals surface area contributed by atoms with E-state index in [9.17, 15) is 0 Å². The summed E-state index contributed by atoms with van der Waals surface area (Å²) in [7, 11) is 0. The molecule has 0 saturated heterocycles. The van der Waals surface area contributed by atoms with Crippen LogP contribution in [0, 0.1) is 0 Å². The smallest absolute Gasteiger partial charge is 0.0801 e. The van der Waals surface area contributed by atoms with Gasteiger partial charge < -0.3 is 5.32 Å². The summed E-state index contributed by atoms with van der Waals surface area (Å²) in [4.78, 5) is 0. The van der Waals surface area contributed by atoms with Crippen molar-refractivity contribution in [1.82, 2.24) is 20.3 Å². The lowest BCUT2D eigenvalue weighted by molar-refractivity contribution is 0.534. The van der Waals surface area contributed by atoms with Crippen LogP contribution < -0.4 is 5.32 Å². The van der Waals surface area contributed by atoms with Gasteiger partial charge in [-0.3, -0.25) is 0 Å². The normalized spacial score (nSPS) is 12.6. The van der Waals surface area contributed by atoms with Crippen LogP contribution >= 0.6 is 0 Å². The first-order chi connectivity index (χ1) is 8.36. The number of nitrogens with zero attached hydrogens (tertiary/aromatic N) is 3. The van der Waals surface area contributed by atoms with E-state index in [4.69, 9.17) is 0 Å². The molecule has 2 aromatic rings. The van der Waals surface area contributed by atoms with Gasteiger partial charge in [-0.2, -0.15) is 0 Å². The highest BCUT2D eigenvalue weighted by Crippen LogP contribution is 2.20. The predicted molar refractivity (Wildman–Crippen MR) is 67.7 cm³/mol. The van der Waals surface area contributed by atoms with E-state index in [-0.39, 0.29) is 6.04 Å². The number of hydrogen-bond donors (Lipinski definition) is 1. The molecule has 2 rings (SSSR count). The zero-order valence-corrected chi connectivity index (χ0v) is 10.3. The maximum absolute atomic E-state index is 4.09. The fourth-order valence-electron chi connectivity index (χ4n) is 1.98. The minimum atomic E-state index is 0.163. The largest absolute Gasteiger partial charge is 0.305 e. The summed E-state index contributed by atoms with van der Waals surface area (Å²) < 4.78 is 1.93. The van der Waals surface area contributed by atoms with E-state index in [1.54, 1.807) is 0 Å². The number of rotatable bonds is 5. The van der Waals surface area contributed by atoms with Gasteiger partial charge in [0.05, 0.1) is 17.9 Å². The summed E-state index contributed by atoms with van der Waals surface area (Å²) in [5, 5.41) is 11.6. The molecule has 0 aliphatic heterocycles. The monoisotopic (exact) mass is 230 g/mol. The molecule has 1 N–H and O–H groups in total. The molecule has 0 amide bonds. The summed E-state index contributed by atoms with van der Waals surface area (Å²) in [6, 6.07) is 10.6. The topological polar surface area (TPSA) is 42.7 Å². The van der Waals surface area contributed by atoms with E-state index in [1.807, 2.05) is 16.9 Å². The van der Waals surface area contributed by atoms with Crippen molar-refractivity contribution in [3.63, 3.8) is 0 Å². The molecule has 0 aliphatic rings. The van der Waals surface area contributed by atoms with Crippen LogP contribution in [-0.4, -0.2) is 21.5 Å². The molecule has 90 valence electrons. The molecule has 0 aliphatic carbocycles. The van der Waals surface area contributed by atoms with Crippen molar-refractivity contribution < 1.29 is 0 Å². The highest BCUT2D eigenvalue weighted by molar-refractivity contribution is 5.26. The fourth-order valence-corrected chi connectivity index (χ4v) is 1.98. The van der Waals surface area contributed by atoms with Gasteiger partial charge in [0.15, 0.2) is 0 Å². The van der Waals surface area contributed by atoms with Crippen LogP contribution in [0.5, 0.6) is 0 Å². The van der Waals surface area contributed by atoms with E-state index in [0.717, 1.165) is 18.8 Å². The Morgan fingerprint density at radius 3 is 2.65 bits per heavy atom. The van der Waals surface area contributed by atoms with Gasteiger partial charge in [-0.05, 0) is 19.0 Å². The minimum Gasteiger partial charge on any atom is -0.305 e. The molecular weight excluding hydrogens is 212 g/mol. The molecule has 1 aromatic heterocycles. The maximum atomic E-state index is 4.09. The summed E-state index contributed by atoms with van der Waals surface area (Å²) >= 11 is 0. The lowest BCUT2D eigenvalue weighted by Gasteiger charge is -2.18. The molecule has 0 spiro atoms. The molecule has 4 heteroatoms. The SMILES string of the molecule is CCNC(c1ccccc1)c1cnnn1CC. The second-order valence-corrected chi connectivity index (χ2v) is 3.88. The number of aryl methyl sites for hydroxylation is 1. The average molecular weight is 230 g/mol. The lowest BCUT2D eigenvalue weighted by Crippen LogP contribution is -2.24. The van der Waals surface area contributed by atoms with E-state index < -0.39 is 0 Å². The second kappa shape index (κ2) is 5.59. The highest BCUT2D eigenvalue weighted by Gasteiger charge is 2.17. The zero-order valence-electron chi connectivity index (χ0n) is 10.3. The third kappa shape index (κ3) is 2.53. The molecule has 1 heterocycles. The van der Waals surface area contributed by atoms with Gasteiger partial charge in [0.1, 0.15) is 0 Å². The van der Waals surface area contributed by atoms with E-state index in [2.05, 4.69) is 53.7 Å². The van der Waals surface area contributed by atoms with Gasteiger partial charge in [-0.1, -0.05) is 42.5 Å². The molecule has 0 bridgehead atoms. The molecule has 0 fully saturated rings. The van der Waals surface area contributed by atoms with Gasteiger partial charge in [0.2, 0.25) is 0 Å². The van der Waals surface area contributed by atoms with Gasteiger partial charge in [-0.25, -0.2) is 4.68 Å². The lowest BCUT2D eigenvalue weighted by atomic mass is 10.0. The Hall–Kier alpha value is -1.68. The summed E-state index contributed by atoms with van der Waals surface area (Å²) in [5.74, 6) is 0. The Kier molecular flexibility index (Phi) is 3.88. The first-order valence-electron chi connectivity index (χ1n) is 6.03. The molecule has 1 aromatic carbocycles. The van der Waals surface area contributed by atoms with Crippen molar-refractivity contribution >= 4 is 0 Å². The van der Waals surface area contributed by atoms with Gasteiger partial charge in [0, 0.05) is 6.54 Å². The van der Waals surface area contributed by atoms with Crippen molar-refractivity contribution in [2.45, 2.75) is 26.4 Å². The van der Waals surface area contributed by atoms with Crippen LogP contribution in [0.3, 0.4) is 0 Å². The molecular formula is C13H18N4. The Morgan fingerprint density at radius 1 is 1.24 bits per heavy atom. The molecule has 1 atom stereocenters. The van der Waals surface area contributed by atoms with Gasteiger partial charge in [-0.15, -0.1) is 5.10 Å². The van der Waals surface area contributed by atoms with Crippen LogP contribution in [0.1, 0.15) is 31.1 Å². The molecule has 0 saturated carbocycles. The number of aromatic nitrogens is 3. The van der Waals surface area contributed by atoms with Crippen LogP contribution in [0.25, 0.3) is 0 Å². The minimum absolute atomic E-state index is 0.163. The first kappa shape index (κ1) is 11.8. The van der Waals surface area contributed by atoms with Crippen molar-refractivity contribution in [2.75, 3.05) is 6.54 Å². The van der Waals surface area contributed by atoms with Crippen molar-refractivity contribution in [3.05, 3.63) is 47.8 Å². The van der Waals surface area contributed by atoms with Gasteiger partial charge in [0.25, 0.3) is 0 Å². The van der Waals surface area contributed by atoms with E-state index in [1.165, 1.54) is 5.56 Å². The van der Waals surface area contributed by atoms with E-state index in [0.29, 0.717) is 0 Å². The quantitative estimate of drug-likeness (QED) is 0.854. The predicted octanol–water partition coefficient (Wildman–Crippen LogP) is 2.00. The third-order valence-corrected chi connectivity index (χ3v) is 2.78. The summed E-state index contributed by atoms with van der Waals surface area (Å²) in [5.41, 5.74) is 2.35. The number of benzene rings is 1. The Balaban J connectivity index is 2.36. The molecule has 0 radical (unpaired) electrons. The molecule has 4 nitrogen and oxygen atoms in total. The second-order valence-electron chi connectivity index (χ2n) is 3.88. The third-order valence-electron chi connectivity index (χ3n) is 2.78. The van der Waals surface area contributed by atoms with Crippen LogP contribution in [0.15, 0.2) is 36.5 Å². The molecule has 17 heavy (non-hydrogen) atoms. The fraction of sp³-hybridized carbons (Fsp3) is 0.385. The highest BCUT2D eigenvalue weighted by atomic mass is 15.4. The average Bonchev–Trinajstić information content (AvgIpc) is 2.85. The van der Waals surface area contributed by atoms with Crippen molar-refractivity contribution in [3.8, 4) is 0 Å². The standard InChI is InChI=1S/C13H18N4/c1-3-14-13(11-8-6-5-7-9-11)12-10-15-16-17(12)4-2/h5-10,13-14H,3-4H2,1-2H3. The van der Waals surface area contributed by atoms with Crippen LogP contribution in [-0.2, 0) is 6.54 Å². The van der Waals surface area contributed by atoms with Crippen molar-refractivity contribution in [2.24, 2.45) is 0 Å². The summed E-state index contributed by atoms with van der Waals surface area (Å²) in [6.45, 7) is 5.93. The molecule has 1 unspecified atom stereocenters. The van der Waals surface area contributed by atoms with Crippen LogP contribution in [0.2, 0.25) is 0 Å².